The molecule has 2 aromatic heterocycles. The molecule has 0 bridgehead atoms. The summed E-state index contributed by atoms with van der Waals surface area (Å²) >= 11 is 1.25. The van der Waals surface area contributed by atoms with Crippen LogP contribution in [0.15, 0.2) is 57.9 Å². The second-order valence-corrected chi connectivity index (χ2v) is 10.4. The number of H-pyrrole nitrogens is 1. The molecule has 0 saturated carbocycles. The lowest BCUT2D eigenvalue weighted by Gasteiger charge is -2.20. The molecule has 1 aromatic carbocycles. The van der Waals surface area contributed by atoms with Gasteiger partial charge >= 0.3 is 0 Å². The predicted molar refractivity (Wildman–Crippen MR) is 121 cm³/mol. The highest BCUT2D eigenvalue weighted by Gasteiger charge is 2.19. The monoisotopic (exact) mass is 446 g/mol. The van der Waals surface area contributed by atoms with E-state index in [0.29, 0.717) is 23.3 Å². The fraction of sp³-hybridized carbons (Fsp3) is 0.300. The van der Waals surface area contributed by atoms with Crippen molar-refractivity contribution in [1.29, 1.82) is 0 Å². The number of aliphatic imine (C=N–C) groups is 1. The lowest BCUT2D eigenvalue weighted by atomic mass is 10.2. The Hall–Kier alpha value is -2.69. The third kappa shape index (κ3) is 5.07. The SMILES string of the molecule is CN=C(NCc1ccc(S(=O)(=O)N(C)C)s1)N(C)Cc1ncc(-c2ccccc2)[nH]1. The Bertz CT molecular complexity index is 1100. The molecule has 0 saturated heterocycles. The number of guanidine groups is 1. The van der Waals surface area contributed by atoms with Crippen molar-refractivity contribution in [3.8, 4) is 11.3 Å². The van der Waals surface area contributed by atoms with Gasteiger partial charge in [0.05, 0.1) is 25.0 Å². The Morgan fingerprint density at radius 2 is 1.90 bits per heavy atom. The Balaban J connectivity index is 1.60. The van der Waals surface area contributed by atoms with Crippen LogP contribution in [0.5, 0.6) is 0 Å². The van der Waals surface area contributed by atoms with E-state index in [0.717, 1.165) is 22.0 Å². The molecular weight excluding hydrogens is 420 g/mol. The zero-order chi connectivity index (χ0) is 21.7. The summed E-state index contributed by atoms with van der Waals surface area (Å²) in [6, 6.07) is 13.5. The average Bonchev–Trinajstić information content (AvgIpc) is 3.39. The first-order valence-corrected chi connectivity index (χ1v) is 11.6. The summed E-state index contributed by atoms with van der Waals surface area (Å²) in [5.41, 5.74) is 2.05. The average molecular weight is 447 g/mol. The van der Waals surface area contributed by atoms with E-state index >= 15 is 0 Å². The van der Waals surface area contributed by atoms with E-state index in [9.17, 15) is 8.42 Å². The van der Waals surface area contributed by atoms with Gasteiger partial charge in [-0.1, -0.05) is 30.3 Å². The van der Waals surface area contributed by atoms with Crippen molar-refractivity contribution in [2.24, 2.45) is 4.99 Å². The van der Waals surface area contributed by atoms with Crippen LogP contribution in [-0.2, 0) is 23.1 Å². The van der Waals surface area contributed by atoms with Gasteiger partial charge in [0.1, 0.15) is 10.0 Å². The first-order chi connectivity index (χ1) is 14.3. The Kier molecular flexibility index (Phi) is 6.91. The second-order valence-electron chi connectivity index (χ2n) is 6.87. The van der Waals surface area contributed by atoms with E-state index in [1.165, 1.54) is 29.7 Å². The van der Waals surface area contributed by atoms with Crippen LogP contribution in [0, 0.1) is 0 Å². The molecule has 0 atom stereocenters. The summed E-state index contributed by atoms with van der Waals surface area (Å²) in [4.78, 5) is 15.0. The molecule has 3 rings (SSSR count). The number of nitrogens with one attached hydrogen (secondary N) is 2. The molecule has 0 spiro atoms. The number of nitrogens with zero attached hydrogens (tertiary/aromatic N) is 4. The fourth-order valence-corrected chi connectivity index (χ4v) is 5.29. The smallest absolute Gasteiger partial charge is 0.252 e. The molecule has 0 aliphatic carbocycles. The van der Waals surface area contributed by atoms with Gasteiger partial charge in [-0.25, -0.2) is 17.7 Å². The lowest BCUT2D eigenvalue weighted by molar-refractivity contribution is 0.464. The van der Waals surface area contributed by atoms with Crippen molar-refractivity contribution in [3.63, 3.8) is 0 Å². The van der Waals surface area contributed by atoms with Crippen LogP contribution in [0.25, 0.3) is 11.3 Å². The largest absolute Gasteiger partial charge is 0.351 e. The normalized spacial score (nSPS) is 12.4. The van der Waals surface area contributed by atoms with Crippen LogP contribution in [0.3, 0.4) is 0 Å². The van der Waals surface area contributed by atoms with E-state index in [1.807, 2.05) is 54.5 Å². The number of thiophene rings is 1. The zero-order valence-corrected chi connectivity index (χ0v) is 19.1. The summed E-state index contributed by atoms with van der Waals surface area (Å²) < 4.78 is 26.0. The van der Waals surface area contributed by atoms with Gasteiger partial charge in [0, 0.05) is 33.1 Å². The van der Waals surface area contributed by atoms with Crippen LogP contribution < -0.4 is 5.32 Å². The molecular formula is C20H26N6O2S2. The third-order valence-electron chi connectivity index (χ3n) is 4.47. The maximum absolute atomic E-state index is 12.2. The van der Waals surface area contributed by atoms with Crippen LogP contribution in [0.4, 0.5) is 0 Å². The summed E-state index contributed by atoms with van der Waals surface area (Å²) in [5.74, 6) is 1.52. The molecule has 0 unspecified atom stereocenters. The first-order valence-electron chi connectivity index (χ1n) is 9.33. The number of hydrogen-bond donors (Lipinski definition) is 2. The van der Waals surface area contributed by atoms with Gasteiger partial charge < -0.3 is 15.2 Å². The van der Waals surface area contributed by atoms with Gasteiger partial charge in [-0.05, 0) is 17.7 Å². The quantitative estimate of drug-likeness (QED) is 0.430. The molecule has 0 radical (unpaired) electrons. The number of hydrogen-bond acceptors (Lipinski definition) is 5. The Morgan fingerprint density at radius 3 is 2.57 bits per heavy atom. The minimum atomic E-state index is -3.41. The summed E-state index contributed by atoms with van der Waals surface area (Å²) in [6.07, 6.45) is 1.83. The number of rotatable bonds is 7. The topological polar surface area (TPSA) is 93.7 Å². The Morgan fingerprint density at radius 1 is 1.17 bits per heavy atom. The summed E-state index contributed by atoms with van der Waals surface area (Å²) in [5, 5.41) is 3.27. The van der Waals surface area contributed by atoms with Crippen LogP contribution in [0.2, 0.25) is 0 Å². The molecule has 0 aliphatic heterocycles. The zero-order valence-electron chi connectivity index (χ0n) is 17.5. The van der Waals surface area contributed by atoms with Gasteiger partial charge in [-0.15, -0.1) is 11.3 Å². The van der Waals surface area contributed by atoms with Crippen molar-refractivity contribution >= 4 is 27.3 Å². The van der Waals surface area contributed by atoms with Crippen molar-refractivity contribution in [3.05, 3.63) is 59.4 Å². The van der Waals surface area contributed by atoms with Crippen molar-refractivity contribution < 1.29 is 8.42 Å². The van der Waals surface area contributed by atoms with Crippen molar-refractivity contribution in [1.82, 2.24) is 24.5 Å². The highest BCUT2D eigenvalue weighted by molar-refractivity contribution is 7.91. The second kappa shape index (κ2) is 9.41. The maximum Gasteiger partial charge on any atom is 0.252 e. The molecule has 160 valence electrons. The molecule has 0 aliphatic rings. The van der Waals surface area contributed by atoms with Crippen LogP contribution in [-0.4, -0.2) is 61.7 Å². The number of benzene rings is 1. The minimum absolute atomic E-state index is 0.330. The molecule has 2 heterocycles. The van der Waals surface area contributed by atoms with Crippen LogP contribution in [0.1, 0.15) is 10.7 Å². The number of imidazole rings is 1. The molecule has 3 aromatic rings. The van der Waals surface area contributed by atoms with Crippen molar-refractivity contribution in [2.75, 3.05) is 28.2 Å². The summed E-state index contributed by atoms with van der Waals surface area (Å²) in [6.45, 7) is 1.04. The molecule has 10 heteroatoms. The van der Waals surface area contributed by atoms with E-state index in [1.54, 1.807) is 13.1 Å². The molecule has 0 amide bonds. The maximum atomic E-state index is 12.2. The minimum Gasteiger partial charge on any atom is -0.351 e. The molecule has 8 nitrogen and oxygen atoms in total. The van der Waals surface area contributed by atoms with E-state index in [4.69, 9.17) is 0 Å². The van der Waals surface area contributed by atoms with Gasteiger partial charge in [0.25, 0.3) is 10.0 Å². The van der Waals surface area contributed by atoms with Gasteiger partial charge in [-0.3, -0.25) is 4.99 Å². The molecule has 2 N–H and O–H groups in total. The number of sulfonamides is 1. The third-order valence-corrected chi connectivity index (χ3v) is 7.83. The highest BCUT2D eigenvalue weighted by atomic mass is 32.2. The first kappa shape index (κ1) is 22.0. The van der Waals surface area contributed by atoms with Gasteiger partial charge in [-0.2, -0.15) is 0 Å². The van der Waals surface area contributed by atoms with Crippen LogP contribution >= 0.6 is 11.3 Å². The van der Waals surface area contributed by atoms with Gasteiger partial charge in [0.15, 0.2) is 5.96 Å². The predicted octanol–water partition coefficient (Wildman–Crippen LogP) is 2.60. The fourth-order valence-electron chi connectivity index (χ4n) is 2.83. The Labute approximate surface area is 181 Å². The van der Waals surface area contributed by atoms with E-state index < -0.39 is 10.0 Å². The summed E-state index contributed by atoms with van der Waals surface area (Å²) in [7, 11) is 3.29. The van der Waals surface area contributed by atoms with E-state index in [2.05, 4.69) is 20.3 Å². The molecule has 30 heavy (non-hydrogen) atoms. The number of aromatic amines is 1. The molecule has 0 fully saturated rings. The number of aromatic nitrogens is 2. The standard InChI is InChI=1S/C20H26N6O2S2/c1-21-20(23-12-16-10-11-19(29-16)30(27,28)25(2)3)26(4)14-18-22-13-17(24-18)15-8-6-5-7-9-15/h5-11,13H,12,14H2,1-4H3,(H,21,23)(H,22,24). The lowest BCUT2D eigenvalue weighted by Crippen LogP contribution is -2.38. The van der Waals surface area contributed by atoms with Gasteiger partial charge in [0.2, 0.25) is 0 Å². The van der Waals surface area contributed by atoms with Crippen molar-refractivity contribution in [2.45, 2.75) is 17.3 Å². The van der Waals surface area contributed by atoms with E-state index in [-0.39, 0.29) is 0 Å². The highest BCUT2D eigenvalue weighted by Crippen LogP contribution is 2.23.